The van der Waals surface area contributed by atoms with Crippen molar-refractivity contribution in [3.8, 4) is 5.75 Å². The van der Waals surface area contributed by atoms with Crippen LogP contribution in [0.1, 0.15) is 28.9 Å². The first-order valence-electron chi connectivity index (χ1n) is 7.82. The fraction of sp³-hybridized carbons (Fsp3) is 0.294. The molecule has 2 aromatic heterocycles. The van der Waals surface area contributed by atoms with Crippen molar-refractivity contribution < 1.29 is 9.53 Å². The molecule has 0 spiro atoms. The molecular weight excluding hydrogens is 364 g/mol. The minimum Gasteiger partial charge on any atom is -0.422 e. The van der Waals surface area contributed by atoms with Crippen molar-refractivity contribution in [2.45, 2.75) is 19.3 Å². The highest BCUT2D eigenvalue weighted by molar-refractivity contribution is 7.22. The molecule has 1 aliphatic heterocycles. The van der Waals surface area contributed by atoms with E-state index in [-0.39, 0.29) is 5.97 Å². The van der Waals surface area contributed by atoms with Gasteiger partial charge in [-0.25, -0.2) is 9.78 Å². The Labute approximate surface area is 152 Å². The maximum atomic E-state index is 12.1. The predicted molar refractivity (Wildman–Crippen MR) is 100.0 cm³/mol. The van der Waals surface area contributed by atoms with Crippen LogP contribution in [0.25, 0.3) is 10.2 Å². The highest BCUT2D eigenvalue weighted by Crippen LogP contribution is 2.33. The molecule has 1 aliphatic rings. The van der Waals surface area contributed by atoms with Gasteiger partial charge in [-0.1, -0.05) is 22.9 Å². The molecule has 24 heavy (non-hydrogen) atoms. The summed E-state index contributed by atoms with van der Waals surface area (Å²) in [4.78, 5) is 19.7. The van der Waals surface area contributed by atoms with E-state index in [1.54, 1.807) is 29.5 Å². The fourth-order valence-electron chi connectivity index (χ4n) is 2.76. The van der Waals surface area contributed by atoms with Crippen molar-refractivity contribution in [1.29, 1.82) is 0 Å². The molecule has 1 saturated heterocycles. The van der Waals surface area contributed by atoms with Gasteiger partial charge >= 0.3 is 5.97 Å². The first kappa shape index (κ1) is 15.9. The van der Waals surface area contributed by atoms with E-state index in [1.807, 2.05) is 12.1 Å². The SMILES string of the molecule is O=C(Oc1ccc2nc(N3CCCCC3)sc2c1)c1ccc(Cl)s1. The van der Waals surface area contributed by atoms with Crippen molar-refractivity contribution in [2.75, 3.05) is 18.0 Å². The molecule has 7 heteroatoms. The predicted octanol–water partition coefficient (Wildman–Crippen LogP) is 5.22. The Morgan fingerprint density at radius 1 is 1.12 bits per heavy atom. The number of aromatic nitrogens is 1. The Bertz CT molecular complexity index is 884. The molecule has 0 saturated carbocycles. The Morgan fingerprint density at radius 2 is 1.96 bits per heavy atom. The molecule has 0 N–H and O–H groups in total. The molecule has 0 aliphatic carbocycles. The summed E-state index contributed by atoms with van der Waals surface area (Å²) in [6.07, 6.45) is 3.75. The molecule has 3 aromatic rings. The van der Waals surface area contributed by atoms with Crippen LogP contribution in [0.4, 0.5) is 5.13 Å². The molecular formula is C17H15ClN2O2S2. The number of thiophene rings is 1. The van der Waals surface area contributed by atoms with Crippen LogP contribution in [0, 0.1) is 0 Å². The van der Waals surface area contributed by atoms with Crippen LogP contribution < -0.4 is 9.64 Å². The normalized spacial score (nSPS) is 15.0. The van der Waals surface area contributed by atoms with E-state index in [9.17, 15) is 4.79 Å². The number of rotatable bonds is 3. The summed E-state index contributed by atoms with van der Waals surface area (Å²) < 4.78 is 7.06. The van der Waals surface area contributed by atoms with Crippen molar-refractivity contribution in [3.05, 3.63) is 39.5 Å². The third-order valence-corrected chi connectivity index (χ3v) is 6.25. The third-order valence-electron chi connectivity index (χ3n) is 3.96. The molecule has 4 rings (SSSR count). The van der Waals surface area contributed by atoms with Gasteiger partial charge < -0.3 is 9.64 Å². The van der Waals surface area contributed by atoms with E-state index in [2.05, 4.69) is 4.90 Å². The maximum Gasteiger partial charge on any atom is 0.353 e. The summed E-state index contributed by atoms with van der Waals surface area (Å²) in [5.74, 6) is 0.151. The molecule has 0 bridgehead atoms. The van der Waals surface area contributed by atoms with E-state index in [4.69, 9.17) is 21.3 Å². The molecule has 0 atom stereocenters. The number of fused-ring (bicyclic) bond motifs is 1. The summed E-state index contributed by atoms with van der Waals surface area (Å²) in [7, 11) is 0. The lowest BCUT2D eigenvalue weighted by molar-refractivity contribution is 0.0740. The van der Waals surface area contributed by atoms with Gasteiger partial charge in [0.05, 0.1) is 14.6 Å². The average molecular weight is 379 g/mol. The Morgan fingerprint density at radius 3 is 2.71 bits per heavy atom. The van der Waals surface area contributed by atoms with Gasteiger partial charge in [0.15, 0.2) is 5.13 Å². The fourth-order valence-corrected chi connectivity index (χ4v) is 4.72. The van der Waals surface area contributed by atoms with Crippen LogP contribution >= 0.6 is 34.3 Å². The topological polar surface area (TPSA) is 42.4 Å². The average Bonchev–Trinajstić information content (AvgIpc) is 3.21. The maximum absolute atomic E-state index is 12.1. The second-order valence-electron chi connectivity index (χ2n) is 5.67. The number of hydrogen-bond donors (Lipinski definition) is 0. The minimum atomic E-state index is -0.382. The Balaban J connectivity index is 1.55. The summed E-state index contributed by atoms with van der Waals surface area (Å²) in [5.41, 5.74) is 0.944. The highest BCUT2D eigenvalue weighted by Gasteiger charge is 2.16. The lowest BCUT2D eigenvalue weighted by Crippen LogP contribution is -2.29. The molecule has 4 nitrogen and oxygen atoms in total. The molecule has 1 aromatic carbocycles. The smallest absolute Gasteiger partial charge is 0.353 e. The number of halogens is 1. The summed E-state index contributed by atoms with van der Waals surface area (Å²) >= 11 is 8.73. The largest absolute Gasteiger partial charge is 0.422 e. The number of anilines is 1. The number of thiazole rings is 1. The third kappa shape index (κ3) is 3.27. The van der Waals surface area contributed by atoms with Gasteiger partial charge in [-0.2, -0.15) is 0 Å². The van der Waals surface area contributed by atoms with Crippen LogP contribution in [0.15, 0.2) is 30.3 Å². The molecule has 0 radical (unpaired) electrons. The Kier molecular flexibility index (Phi) is 4.43. The van der Waals surface area contributed by atoms with E-state index < -0.39 is 0 Å². The minimum absolute atomic E-state index is 0.382. The van der Waals surface area contributed by atoms with E-state index in [1.165, 1.54) is 30.6 Å². The van der Waals surface area contributed by atoms with Gasteiger partial charge in [0, 0.05) is 19.2 Å². The van der Waals surface area contributed by atoms with Crippen molar-refractivity contribution in [2.24, 2.45) is 0 Å². The first-order valence-corrected chi connectivity index (χ1v) is 9.83. The van der Waals surface area contributed by atoms with Gasteiger partial charge in [0.2, 0.25) is 0 Å². The first-order chi connectivity index (χ1) is 11.7. The molecule has 3 heterocycles. The van der Waals surface area contributed by atoms with Crippen LogP contribution in [-0.4, -0.2) is 24.0 Å². The van der Waals surface area contributed by atoms with E-state index in [0.717, 1.165) is 28.4 Å². The summed E-state index contributed by atoms with van der Waals surface area (Å²) in [5, 5.41) is 1.05. The summed E-state index contributed by atoms with van der Waals surface area (Å²) in [6.45, 7) is 2.14. The second kappa shape index (κ2) is 6.70. The zero-order valence-electron chi connectivity index (χ0n) is 12.8. The number of hydrogen-bond acceptors (Lipinski definition) is 6. The van der Waals surface area contributed by atoms with Crippen molar-refractivity contribution in [1.82, 2.24) is 4.98 Å². The van der Waals surface area contributed by atoms with Crippen LogP contribution in [-0.2, 0) is 0 Å². The number of carbonyl (C=O) groups is 1. The second-order valence-corrected chi connectivity index (χ2v) is 8.39. The number of carbonyl (C=O) groups excluding carboxylic acids is 1. The lowest BCUT2D eigenvalue weighted by atomic mass is 10.1. The van der Waals surface area contributed by atoms with Gasteiger partial charge in [-0.3, -0.25) is 0 Å². The standard InChI is InChI=1S/C17H15ClN2O2S2/c18-15-7-6-13(23-15)16(21)22-11-4-5-12-14(10-11)24-17(19-12)20-8-2-1-3-9-20/h4-7,10H,1-3,8-9H2. The Hall–Kier alpha value is -1.63. The molecule has 0 unspecified atom stereocenters. The molecule has 0 amide bonds. The molecule has 124 valence electrons. The van der Waals surface area contributed by atoms with Gasteiger partial charge in [0.25, 0.3) is 0 Å². The number of benzene rings is 1. The number of nitrogens with zero attached hydrogens (tertiary/aromatic N) is 2. The molecule has 1 fully saturated rings. The zero-order valence-corrected chi connectivity index (χ0v) is 15.2. The van der Waals surface area contributed by atoms with Crippen molar-refractivity contribution in [3.63, 3.8) is 0 Å². The van der Waals surface area contributed by atoms with Crippen LogP contribution in [0.5, 0.6) is 5.75 Å². The van der Waals surface area contributed by atoms with Gasteiger partial charge in [0.1, 0.15) is 10.6 Å². The van der Waals surface area contributed by atoms with Gasteiger partial charge in [-0.05, 0) is 43.5 Å². The zero-order chi connectivity index (χ0) is 16.5. The number of esters is 1. The van der Waals surface area contributed by atoms with E-state index in [0.29, 0.717) is 15.0 Å². The van der Waals surface area contributed by atoms with Gasteiger partial charge in [-0.15, -0.1) is 11.3 Å². The van der Waals surface area contributed by atoms with Crippen molar-refractivity contribution >= 4 is 55.6 Å². The quantitative estimate of drug-likeness (QED) is 0.463. The van der Waals surface area contributed by atoms with E-state index >= 15 is 0 Å². The lowest BCUT2D eigenvalue weighted by Gasteiger charge is -2.25. The van der Waals surface area contributed by atoms with Crippen LogP contribution in [0.2, 0.25) is 4.34 Å². The highest BCUT2D eigenvalue weighted by atomic mass is 35.5. The van der Waals surface area contributed by atoms with Crippen LogP contribution in [0.3, 0.4) is 0 Å². The monoisotopic (exact) mass is 378 g/mol. The summed E-state index contributed by atoms with van der Waals surface area (Å²) in [6, 6.07) is 8.95. The number of piperidine rings is 1. The number of ether oxygens (including phenoxy) is 1.